The molecule has 1 N–H and O–H groups in total. The Morgan fingerprint density at radius 2 is 1.81 bits per heavy atom. The van der Waals surface area contributed by atoms with Gasteiger partial charge in [0.2, 0.25) is 17.6 Å². The highest BCUT2D eigenvalue weighted by Gasteiger charge is 2.31. The van der Waals surface area contributed by atoms with Crippen LogP contribution in [0.15, 0.2) is 48.5 Å². The van der Waals surface area contributed by atoms with Gasteiger partial charge in [0.1, 0.15) is 12.6 Å². The molecule has 1 aliphatic rings. The maximum Gasteiger partial charge on any atom is 0.247 e. The largest absolute Gasteiger partial charge is 0.493 e. The summed E-state index contributed by atoms with van der Waals surface area (Å²) in [6.07, 6.45) is 4.70. The average Bonchev–Trinajstić information content (AvgIpc) is 3.61. The van der Waals surface area contributed by atoms with E-state index in [0.29, 0.717) is 35.9 Å². The Morgan fingerprint density at radius 3 is 2.49 bits per heavy atom. The molecule has 3 aromatic rings. The zero-order chi connectivity index (χ0) is 26.2. The third-order valence-electron chi connectivity index (χ3n) is 6.65. The SMILES string of the molecule is CC[C@H](C(=O)NC1CCCC1)N(Cc1ccccc1)C(=O)Cn1nnc(-c2ccc(OC)c(OC)c2)n1. The molecule has 0 bridgehead atoms. The lowest BCUT2D eigenvalue weighted by Gasteiger charge is -2.31. The summed E-state index contributed by atoms with van der Waals surface area (Å²) in [7, 11) is 3.12. The van der Waals surface area contributed by atoms with Gasteiger partial charge < -0.3 is 19.7 Å². The van der Waals surface area contributed by atoms with Crippen molar-refractivity contribution < 1.29 is 19.1 Å². The number of aromatic nitrogens is 4. The lowest BCUT2D eigenvalue weighted by Crippen LogP contribution is -2.51. The van der Waals surface area contributed by atoms with Crippen LogP contribution < -0.4 is 14.8 Å². The van der Waals surface area contributed by atoms with Gasteiger partial charge in [0.15, 0.2) is 11.5 Å². The van der Waals surface area contributed by atoms with Crippen LogP contribution in [0, 0.1) is 0 Å². The van der Waals surface area contributed by atoms with Crippen LogP contribution in [0.5, 0.6) is 11.5 Å². The summed E-state index contributed by atoms with van der Waals surface area (Å²) in [5.74, 6) is 1.12. The molecule has 1 aromatic heterocycles. The van der Waals surface area contributed by atoms with Gasteiger partial charge in [-0.1, -0.05) is 50.1 Å². The van der Waals surface area contributed by atoms with Gasteiger partial charge in [-0.2, -0.15) is 4.80 Å². The number of carbonyl (C=O) groups is 2. The summed E-state index contributed by atoms with van der Waals surface area (Å²) in [4.78, 5) is 29.7. The molecule has 1 aliphatic carbocycles. The van der Waals surface area contributed by atoms with Crippen molar-refractivity contribution in [1.29, 1.82) is 0 Å². The predicted octanol–water partition coefficient (Wildman–Crippen LogP) is 3.22. The van der Waals surface area contributed by atoms with Crippen molar-refractivity contribution >= 4 is 11.8 Å². The summed E-state index contributed by atoms with van der Waals surface area (Å²) < 4.78 is 10.6. The van der Waals surface area contributed by atoms with Crippen LogP contribution in [0.3, 0.4) is 0 Å². The van der Waals surface area contributed by atoms with Gasteiger partial charge in [0.25, 0.3) is 0 Å². The van der Waals surface area contributed by atoms with E-state index in [1.807, 2.05) is 37.3 Å². The van der Waals surface area contributed by atoms with Crippen LogP contribution in [-0.4, -0.2) is 63.2 Å². The van der Waals surface area contributed by atoms with Gasteiger partial charge in [-0.3, -0.25) is 9.59 Å². The minimum atomic E-state index is -0.595. The van der Waals surface area contributed by atoms with E-state index in [-0.39, 0.29) is 24.4 Å². The first-order valence-corrected chi connectivity index (χ1v) is 12.7. The second kappa shape index (κ2) is 12.3. The predicted molar refractivity (Wildman–Crippen MR) is 138 cm³/mol. The molecular formula is C27H34N6O4. The second-order valence-corrected chi connectivity index (χ2v) is 9.13. The van der Waals surface area contributed by atoms with E-state index in [1.165, 1.54) is 4.80 Å². The summed E-state index contributed by atoms with van der Waals surface area (Å²) in [5.41, 5.74) is 1.63. The Balaban J connectivity index is 1.53. The van der Waals surface area contributed by atoms with Crippen molar-refractivity contribution in [2.24, 2.45) is 0 Å². The number of amides is 2. The van der Waals surface area contributed by atoms with E-state index < -0.39 is 6.04 Å². The Morgan fingerprint density at radius 1 is 1.08 bits per heavy atom. The first-order valence-electron chi connectivity index (χ1n) is 12.7. The number of methoxy groups -OCH3 is 2. The number of hydrogen-bond acceptors (Lipinski definition) is 7. The molecule has 37 heavy (non-hydrogen) atoms. The zero-order valence-electron chi connectivity index (χ0n) is 21.6. The van der Waals surface area contributed by atoms with Gasteiger partial charge in [0.05, 0.1) is 14.2 Å². The number of rotatable bonds is 11. The standard InChI is InChI=1S/C27H34N6O4/c1-4-22(27(35)28-21-12-8-9-13-21)32(17-19-10-6-5-7-11-19)25(34)18-33-30-26(29-31-33)20-14-15-23(36-2)24(16-20)37-3/h5-7,10-11,14-16,21-22H,4,8-9,12-13,17-18H2,1-3H3,(H,28,35)/t22-/m1/s1. The number of carbonyl (C=O) groups excluding carboxylic acids is 2. The number of tetrazole rings is 1. The molecular weight excluding hydrogens is 472 g/mol. The third kappa shape index (κ3) is 6.44. The van der Waals surface area contributed by atoms with Gasteiger partial charge in [-0.25, -0.2) is 0 Å². The first kappa shape index (κ1) is 26.1. The Kier molecular flexibility index (Phi) is 8.71. The van der Waals surface area contributed by atoms with Crippen molar-refractivity contribution in [3.63, 3.8) is 0 Å². The molecule has 1 saturated carbocycles. The summed E-state index contributed by atoms with van der Waals surface area (Å²) in [6.45, 7) is 2.10. The van der Waals surface area contributed by atoms with Crippen molar-refractivity contribution in [2.75, 3.05) is 14.2 Å². The highest BCUT2D eigenvalue weighted by atomic mass is 16.5. The van der Waals surface area contributed by atoms with Gasteiger partial charge in [-0.15, -0.1) is 10.2 Å². The molecule has 2 amide bonds. The molecule has 0 radical (unpaired) electrons. The van der Waals surface area contributed by atoms with Gasteiger partial charge in [-0.05, 0) is 48.2 Å². The molecule has 0 aliphatic heterocycles. The van der Waals surface area contributed by atoms with Crippen LogP contribution in [0.2, 0.25) is 0 Å². The van der Waals surface area contributed by atoms with Crippen LogP contribution in [0.4, 0.5) is 0 Å². The van der Waals surface area contributed by atoms with Crippen LogP contribution in [0.1, 0.15) is 44.6 Å². The molecule has 0 saturated heterocycles. The van der Waals surface area contributed by atoms with E-state index in [0.717, 1.165) is 31.2 Å². The number of benzene rings is 2. The molecule has 1 fully saturated rings. The smallest absolute Gasteiger partial charge is 0.247 e. The fourth-order valence-corrected chi connectivity index (χ4v) is 4.68. The van der Waals surface area contributed by atoms with Crippen LogP contribution >= 0.6 is 0 Å². The van der Waals surface area contributed by atoms with Crippen molar-refractivity contribution in [3.8, 4) is 22.9 Å². The molecule has 2 aromatic carbocycles. The Hall–Kier alpha value is -3.95. The topological polar surface area (TPSA) is 111 Å². The lowest BCUT2D eigenvalue weighted by molar-refractivity contribution is -0.142. The fourth-order valence-electron chi connectivity index (χ4n) is 4.68. The summed E-state index contributed by atoms with van der Waals surface area (Å²) >= 11 is 0. The number of ether oxygens (including phenoxy) is 2. The maximum absolute atomic E-state index is 13.6. The third-order valence-corrected chi connectivity index (χ3v) is 6.65. The van der Waals surface area contributed by atoms with Crippen molar-refractivity contribution in [2.45, 2.75) is 64.2 Å². The average molecular weight is 507 g/mol. The number of hydrogen-bond donors (Lipinski definition) is 1. The van der Waals surface area contributed by atoms with Crippen LogP contribution in [0.25, 0.3) is 11.4 Å². The van der Waals surface area contributed by atoms with Gasteiger partial charge in [0, 0.05) is 18.2 Å². The highest BCUT2D eigenvalue weighted by Crippen LogP contribution is 2.30. The van der Waals surface area contributed by atoms with E-state index in [4.69, 9.17) is 9.47 Å². The summed E-state index contributed by atoms with van der Waals surface area (Å²) in [6, 6.07) is 14.6. The van der Waals surface area contributed by atoms with Crippen molar-refractivity contribution in [3.05, 3.63) is 54.1 Å². The normalized spacial score (nSPS) is 14.2. The molecule has 10 heteroatoms. The lowest BCUT2D eigenvalue weighted by atomic mass is 10.1. The maximum atomic E-state index is 13.6. The van der Waals surface area contributed by atoms with Crippen molar-refractivity contribution in [1.82, 2.24) is 30.4 Å². The molecule has 0 spiro atoms. The molecule has 1 atom stereocenters. The van der Waals surface area contributed by atoms with E-state index >= 15 is 0 Å². The molecule has 1 heterocycles. The van der Waals surface area contributed by atoms with E-state index in [2.05, 4.69) is 20.7 Å². The van der Waals surface area contributed by atoms with Gasteiger partial charge >= 0.3 is 0 Å². The Bertz CT molecular complexity index is 1190. The fraction of sp³-hybridized carbons (Fsp3) is 0.444. The number of nitrogens with zero attached hydrogens (tertiary/aromatic N) is 5. The first-order chi connectivity index (χ1) is 18.0. The van der Waals surface area contributed by atoms with E-state index in [9.17, 15) is 9.59 Å². The quantitative estimate of drug-likeness (QED) is 0.425. The molecule has 10 nitrogen and oxygen atoms in total. The summed E-state index contributed by atoms with van der Waals surface area (Å²) in [5, 5.41) is 15.8. The minimum absolute atomic E-state index is 0.115. The number of nitrogens with one attached hydrogen (secondary N) is 1. The second-order valence-electron chi connectivity index (χ2n) is 9.13. The van der Waals surface area contributed by atoms with Crippen LogP contribution in [-0.2, 0) is 22.7 Å². The molecule has 0 unspecified atom stereocenters. The minimum Gasteiger partial charge on any atom is -0.493 e. The zero-order valence-corrected chi connectivity index (χ0v) is 21.6. The molecule has 4 rings (SSSR count). The molecule has 196 valence electrons. The highest BCUT2D eigenvalue weighted by molar-refractivity contribution is 5.87. The monoisotopic (exact) mass is 506 g/mol. The Labute approximate surface area is 216 Å². The van der Waals surface area contributed by atoms with E-state index in [1.54, 1.807) is 37.3 Å².